The third-order valence-corrected chi connectivity index (χ3v) is 8.98. The largest absolute Gasteiger partial charge is 0.393 e. The van der Waals surface area contributed by atoms with Crippen molar-refractivity contribution in [1.29, 1.82) is 0 Å². The third kappa shape index (κ3) is 2.85. The summed E-state index contributed by atoms with van der Waals surface area (Å²) in [6.07, 6.45) is 12.4. The number of hydrogen-bond acceptors (Lipinski definition) is 2. The van der Waals surface area contributed by atoms with Crippen LogP contribution in [0.25, 0.3) is 5.57 Å². The summed E-state index contributed by atoms with van der Waals surface area (Å²) in [5.74, 6) is 1.87. The van der Waals surface area contributed by atoms with Crippen molar-refractivity contribution in [2.75, 3.05) is 0 Å². The first-order chi connectivity index (χ1) is 13.8. The van der Waals surface area contributed by atoms with Crippen LogP contribution in [0, 0.1) is 28.6 Å². The molecule has 4 aliphatic rings. The molecule has 5 rings (SSSR count). The van der Waals surface area contributed by atoms with Gasteiger partial charge in [-0.3, -0.25) is 4.98 Å². The molecular formula is C25H31F2NO. The van der Waals surface area contributed by atoms with Gasteiger partial charge in [0.1, 0.15) is 0 Å². The number of allylic oxidation sites excluding steroid dienone is 3. The van der Waals surface area contributed by atoms with Crippen LogP contribution >= 0.6 is 0 Å². The van der Waals surface area contributed by atoms with Gasteiger partial charge in [0.15, 0.2) is 0 Å². The Morgan fingerprint density at radius 2 is 1.83 bits per heavy atom. The van der Waals surface area contributed by atoms with Gasteiger partial charge in [0.05, 0.1) is 6.10 Å². The quantitative estimate of drug-likeness (QED) is 0.589. The van der Waals surface area contributed by atoms with Crippen molar-refractivity contribution >= 4 is 5.57 Å². The number of rotatable bonds is 2. The summed E-state index contributed by atoms with van der Waals surface area (Å²) in [7, 11) is 0. The number of hydrogen-bond donors (Lipinski definition) is 1. The zero-order valence-electron chi connectivity index (χ0n) is 17.4. The van der Waals surface area contributed by atoms with Crippen molar-refractivity contribution in [2.45, 2.75) is 71.3 Å². The van der Waals surface area contributed by atoms with Gasteiger partial charge in [-0.05, 0) is 90.7 Å². The molecule has 0 saturated heterocycles. The van der Waals surface area contributed by atoms with Crippen LogP contribution in [0.15, 0.2) is 36.2 Å². The molecule has 2 fully saturated rings. The standard InChI is InChI=1S/C25H31F2NO/c1-24-9-7-18(29)12-17(24)3-4-19-21-6-5-20(25(21,2)10-8-22(19)24)15-11-16(23(26)27)14-28-13-15/h3,5,11,13-14,18-19,21-23,29H,4,6-10,12H2,1-2H3/t18-,19-,21?,22-,24-,25+/m0/s1. The average Bonchev–Trinajstić information content (AvgIpc) is 3.06. The fourth-order valence-corrected chi connectivity index (χ4v) is 7.38. The Hall–Kier alpha value is -1.55. The van der Waals surface area contributed by atoms with Crippen molar-refractivity contribution in [2.24, 2.45) is 28.6 Å². The fourth-order valence-electron chi connectivity index (χ4n) is 7.38. The minimum atomic E-state index is -2.48. The first-order valence-electron chi connectivity index (χ1n) is 11.1. The molecule has 0 amide bonds. The van der Waals surface area contributed by atoms with Gasteiger partial charge in [-0.25, -0.2) is 8.78 Å². The molecule has 6 atom stereocenters. The molecule has 4 heteroatoms. The van der Waals surface area contributed by atoms with Crippen LogP contribution in [0.4, 0.5) is 8.78 Å². The number of halogens is 2. The van der Waals surface area contributed by atoms with E-state index in [9.17, 15) is 13.9 Å². The zero-order valence-corrected chi connectivity index (χ0v) is 17.4. The monoisotopic (exact) mass is 399 g/mol. The van der Waals surface area contributed by atoms with Gasteiger partial charge in [-0.2, -0.15) is 0 Å². The van der Waals surface area contributed by atoms with E-state index in [0.29, 0.717) is 17.8 Å². The van der Waals surface area contributed by atoms with E-state index >= 15 is 0 Å². The summed E-state index contributed by atoms with van der Waals surface area (Å²) < 4.78 is 26.5. The fraction of sp³-hybridized carbons (Fsp3) is 0.640. The Balaban J connectivity index is 1.46. The molecule has 1 heterocycles. The Kier molecular flexibility index (Phi) is 4.51. The van der Waals surface area contributed by atoms with E-state index in [1.807, 2.05) is 0 Å². The SMILES string of the molecule is C[C@]12CC[C@H](O)CC1=CC[C@H]1C3CC=C(c4cncc(C(F)F)c4)[C@@]3(C)CC[C@@H]12. The second kappa shape index (κ2) is 6.73. The Labute approximate surface area is 172 Å². The summed E-state index contributed by atoms with van der Waals surface area (Å²) in [6, 6.07) is 1.64. The van der Waals surface area contributed by atoms with Crippen molar-refractivity contribution in [3.8, 4) is 0 Å². The molecule has 1 unspecified atom stereocenters. The maximum atomic E-state index is 13.2. The molecule has 4 aliphatic carbocycles. The predicted octanol–water partition coefficient (Wildman–Crippen LogP) is 6.34. The third-order valence-electron chi connectivity index (χ3n) is 8.98. The van der Waals surface area contributed by atoms with Gasteiger partial charge < -0.3 is 5.11 Å². The highest BCUT2D eigenvalue weighted by Crippen LogP contribution is 2.66. The lowest BCUT2D eigenvalue weighted by atomic mass is 9.47. The van der Waals surface area contributed by atoms with E-state index < -0.39 is 6.43 Å². The predicted molar refractivity (Wildman–Crippen MR) is 110 cm³/mol. The van der Waals surface area contributed by atoms with Gasteiger partial charge in [-0.15, -0.1) is 0 Å². The van der Waals surface area contributed by atoms with Crippen LogP contribution in [-0.2, 0) is 0 Å². The van der Waals surface area contributed by atoms with Crippen LogP contribution in [0.1, 0.15) is 76.3 Å². The van der Waals surface area contributed by atoms with Gasteiger partial charge >= 0.3 is 0 Å². The average molecular weight is 400 g/mol. The summed E-state index contributed by atoms with van der Waals surface area (Å²) in [6.45, 7) is 4.79. The van der Waals surface area contributed by atoms with Crippen molar-refractivity contribution in [1.82, 2.24) is 4.98 Å². The Morgan fingerprint density at radius 1 is 1.03 bits per heavy atom. The number of fused-ring (bicyclic) bond motifs is 5. The lowest BCUT2D eigenvalue weighted by Gasteiger charge is -2.57. The molecule has 29 heavy (non-hydrogen) atoms. The number of aliphatic hydroxyl groups excluding tert-OH is 1. The molecule has 1 aromatic heterocycles. The molecule has 0 spiro atoms. The summed E-state index contributed by atoms with van der Waals surface area (Å²) in [5, 5.41) is 10.2. The maximum absolute atomic E-state index is 13.2. The van der Waals surface area contributed by atoms with Gasteiger partial charge in [0.25, 0.3) is 6.43 Å². The van der Waals surface area contributed by atoms with Crippen LogP contribution in [-0.4, -0.2) is 16.2 Å². The number of aromatic nitrogens is 1. The topological polar surface area (TPSA) is 33.1 Å². The summed E-state index contributed by atoms with van der Waals surface area (Å²) >= 11 is 0. The van der Waals surface area contributed by atoms with Crippen molar-refractivity contribution in [3.05, 3.63) is 47.3 Å². The number of alkyl halides is 2. The molecule has 0 aliphatic heterocycles. The molecule has 1 aromatic rings. The highest BCUT2D eigenvalue weighted by Gasteiger charge is 2.56. The van der Waals surface area contributed by atoms with Crippen LogP contribution in [0.5, 0.6) is 0 Å². The van der Waals surface area contributed by atoms with Gasteiger partial charge in [0.2, 0.25) is 0 Å². The van der Waals surface area contributed by atoms with E-state index in [0.717, 1.165) is 44.1 Å². The summed E-state index contributed by atoms with van der Waals surface area (Å²) in [4.78, 5) is 4.12. The van der Waals surface area contributed by atoms with E-state index in [1.54, 1.807) is 12.3 Å². The van der Waals surface area contributed by atoms with Gasteiger partial charge in [-0.1, -0.05) is 31.6 Å². The van der Waals surface area contributed by atoms with E-state index in [2.05, 4.69) is 31.0 Å². The first kappa shape index (κ1) is 19.4. The molecule has 0 aromatic carbocycles. The highest BCUT2D eigenvalue weighted by atomic mass is 19.3. The molecule has 0 bridgehead atoms. The van der Waals surface area contributed by atoms with Crippen molar-refractivity contribution in [3.63, 3.8) is 0 Å². The van der Waals surface area contributed by atoms with Crippen LogP contribution < -0.4 is 0 Å². The highest BCUT2D eigenvalue weighted by molar-refractivity contribution is 5.72. The number of pyridine rings is 1. The lowest BCUT2D eigenvalue weighted by Crippen LogP contribution is -2.49. The Bertz CT molecular complexity index is 877. The minimum absolute atomic E-state index is 0.0163. The van der Waals surface area contributed by atoms with Crippen LogP contribution in [0.2, 0.25) is 0 Å². The molecule has 2 nitrogen and oxygen atoms in total. The Morgan fingerprint density at radius 3 is 2.62 bits per heavy atom. The molecule has 156 valence electrons. The molecular weight excluding hydrogens is 368 g/mol. The zero-order chi connectivity index (χ0) is 20.4. The van der Waals surface area contributed by atoms with E-state index in [1.165, 1.54) is 23.8 Å². The van der Waals surface area contributed by atoms with Crippen LogP contribution in [0.3, 0.4) is 0 Å². The second-order valence-corrected chi connectivity index (χ2v) is 10.3. The maximum Gasteiger partial charge on any atom is 0.265 e. The van der Waals surface area contributed by atoms with Gasteiger partial charge in [0, 0.05) is 18.0 Å². The molecule has 2 saturated carbocycles. The smallest absolute Gasteiger partial charge is 0.265 e. The molecule has 1 N–H and O–H groups in total. The molecule has 0 radical (unpaired) electrons. The van der Waals surface area contributed by atoms with E-state index in [-0.39, 0.29) is 22.5 Å². The van der Waals surface area contributed by atoms with Crippen molar-refractivity contribution < 1.29 is 13.9 Å². The number of nitrogens with zero attached hydrogens (tertiary/aromatic N) is 1. The summed E-state index contributed by atoms with van der Waals surface area (Å²) in [5.41, 5.74) is 3.88. The lowest BCUT2D eigenvalue weighted by molar-refractivity contribution is -0.0238. The normalized spacial score (nSPS) is 41.3. The first-order valence-corrected chi connectivity index (χ1v) is 11.1. The second-order valence-electron chi connectivity index (χ2n) is 10.3. The number of aliphatic hydroxyl groups is 1. The van der Waals surface area contributed by atoms with E-state index in [4.69, 9.17) is 0 Å². The minimum Gasteiger partial charge on any atom is -0.393 e.